The van der Waals surface area contributed by atoms with Crippen molar-refractivity contribution >= 4 is 18.2 Å². The Morgan fingerprint density at radius 3 is 2.42 bits per heavy atom. The van der Waals surface area contributed by atoms with Gasteiger partial charge in [-0.3, -0.25) is 4.90 Å². The van der Waals surface area contributed by atoms with E-state index in [4.69, 9.17) is 14.2 Å². The zero-order chi connectivity index (χ0) is 22.9. The summed E-state index contributed by atoms with van der Waals surface area (Å²) >= 11 is 0. The predicted octanol–water partition coefficient (Wildman–Crippen LogP) is 2.40. The summed E-state index contributed by atoms with van der Waals surface area (Å²) in [5, 5.41) is 2.58. The molecule has 1 aliphatic rings. The average Bonchev–Trinajstić information content (AvgIpc) is 2.96. The molecule has 2 amide bonds. The largest absolute Gasteiger partial charge is 0.467 e. The summed E-state index contributed by atoms with van der Waals surface area (Å²) < 4.78 is 15.5. The van der Waals surface area contributed by atoms with Crippen molar-refractivity contribution in [2.24, 2.45) is 0 Å². The molecule has 0 radical (unpaired) electrons. The van der Waals surface area contributed by atoms with Crippen LogP contribution in [-0.4, -0.2) is 79.4 Å². The molecule has 1 N–H and O–H groups in total. The lowest BCUT2D eigenvalue weighted by Gasteiger charge is -2.27. The maximum atomic E-state index is 12.4. The van der Waals surface area contributed by atoms with E-state index in [1.807, 2.05) is 35.2 Å². The summed E-state index contributed by atoms with van der Waals surface area (Å²) in [6, 6.07) is 8.65. The molecule has 1 heterocycles. The highest BCUT2D eigenvalue weighted by Gasteiger charge is 2.28. The van der Waals surface area contributed by atoms with Crippen molar-refractivity contribution in [1.82, 2.24) is 15.1 Å². The van der Waals surface area contributed by atoms with Gasteiger partial charge in [0, 0.05) is 26.2 Å². The van der Waals surface area contributed by atoms with Gasteiger partial charge >= 0.3 is 18.2 Å². The third-order valence-corrected chi connectivity index (χ3v) is 4.67. The van der Waals surface area contributed by atoms with Crippen LogP contribution >= 0.6 is 0 Å². The molecule has 9 nitrogen and oxygen atoms in total. The third-order valence-electron chi connectivity index (χ3n) is 4.67. The number of rotatable bonds is 6. The van der Waals surface area contributed by atoms with Gasteiger partial charge < -0.3 is 24.4 Å². The molecule has 0 aromatic heterocycles. The van der Waals surface area contributed by atoms with Crippen LogP contribution in [-0.2, 0) is 25.6 Å². The number of carbonyl (C=O) groups excluding carboxylic acids is 3. The topological polar surface area (TPSA) is 97.4 Å². The van der Waals surface area contributed by atoms with Crippen LogP contribution in [0.4, 0.5) is 9.59 Å². The molecule has 0 spiro atoms. The van der Waals surface area contributed by atoms with Gasteiger partial charge in [0.15, 0.2) is 0 Å². The zero-order valence-electron chi connectivity index (χ0n) is 18.8. The monoisotopic (exact) mass is 435 g/mol. The van der Waals surface area contributed by atoms with E-state index in [0.29, 0.717) is 26.2 Å². The fraction of sp³-hybridized carbons (Fsp3) is 0.591. The molecule has 0 saturated carbocycles. The number of carbonyl (C=O) groups is 3. The van der Waals surface area contributed by atoms with Gasteiger partial charge in [-0.15, -0.1) is 0 Å². The van der Waals surface area contributed by atoms with Crippen LogP contribution in [0.5, 0.6) is 0 Å². The number of alkyl carbamates (subject to hydrolysis) is 1. The van der Waals surface area contributed by atoms with Crippen LogP contribution < -0.4 is 5.32 Å². The molecule has 1 aliphatic heterocycles. The molecular weight excluding hydrogens is 402 g/mol. The van der Waals surface area contributed by atoms with Gasteiger partial charge in [0.2, 0.25) is 0 Å². The summed E-state index contributed by atoms with van der Waals surface area (Å²) in [7, 11) is 1.28. The second kappa shape index (κ2) is 11.5. The molecule has 1 aromatic carbocycles. The Labute approximate surface area is 183 Å². The van der Waals surface area contributed by atoms with Gasteiger partial charge in [-0.05, 0) is 39.3 Å². The van der Waals surface area contributed by atoms with Gasteiger partial charge in [-0.2, -0.15) is 0 Å². The first-order valence-corrected chi connectivity index (χ1v) is 10.4. The van der Waals surface area contributed by atoms with Crippen LogP contribution in [0.3, 0.4) is 0 Å². The van der Waals surface area contributed by atoms with Crippen LogP contribution in [0, 0.1) is 0 Å². The van der Waals surface area contributed by atoms with Crippen molar-refractivity contribution < 1.29 is 28.6 Å². The SMILES string of the molecule is COC(=O)[C@H](CN1CCCN(C(=O)OCc2ccccc2)CC1)NC(=O)OC(C)(C)C. The van der Waals surface area contributed by atoms with Crippen molar-refractivity contribution in [3.05, 3.63) is 35.9 Å². The highest BCUT2D eigenvalue weighted by molar-refractivity contribution is 5.81. The van der Waals surface area contributed by atoms with E-state index >= 15 is 0 Å². The van der Waals surface area contributed by atoms with Crippen molar-refractivity contribution in [1.29, 1.82) is 0 Å². The van der Waals surface area contributed by atoms with Crippen LogP contribution in [0.1, 0.15) is 32.8 Å². The number of esters is 1. The van der Waals surface area contributed by atoms with E-state index in [2.05, 4.69) is 5.32 Å². The second-order valence-electron chi connectivity index (χ2n) is 8.40. The van der Waals surface area contributed by atoms with Crippen molar-refractivity contribution in [2.45, 2.75) is 45.4 Å². The Balaban J connectivity index is 1.86. The Kier molecular flexibility index (Phi) is 9.11. The van der Waals surface area contributed by atoms with E-state index in [1.54, 1.807) is 25.7 Å². The normalized spacial score (nSPS) is 16.1. The highest BCUT2D eigenvalue weighted by atomic mass is 16.6. The van der Waals surface area contributed by atoms with E-state index in [9.17, 15) is 14.4 Å². The van der Waals surface area contributed by atoms with Gasteiger partial charge in [0.1, 0.15) is 18.2 Å². The van der Waals surface area contributed by atoms with Crippen LogP contribution in [0.15, 0.2) is 30.3 Å². The van der Waals surface area contributed by atoms with Gasteiger partial charge in [0.05, 0.1) is 7.11 Å². The number of methoxy groups -OCH3 is 1. The molecule has 1 fully saturated rings. The number of amides is 2. The number of benzene rings is 1. The molecule has 172 valence electrons. The first kappa shape index (κ1) is 24.5. The fourth-order valence-corrected chi connectivity index (χ4v) is 3.18. The number of ether oxygens (including phenoxy) is 3. The molecule has 0 bridgehead atoms. The summed E-state index contributed by atoms with van der Waals surface area (Å²) in [6.45, 7) is 7.99. The molecule has 0 aliphatic carbocycles. The van der Waals surface area contributed by atoms with Gasteiger partial charge in [-0.25, -0.2) is 14.4 Å². The average molecular weight is 436 g/mol. The van der Waals surface area contributed by atoms with E-state index in [1.165, 1.54) is 7.11 Å². The van der Waals surface area contributed by atoms with Gasteiger partial charge in [0.25, 0.3) is 0 Å². The second-order valence-corrected chi connectivity index (χ2v) is 8.40. The molecule has 2 rings (SSSR count). The molecule has 1 saturated heterocycles. The van der Waals surface area contributed by atoms with Crippen molar-refractivity contribution in [2.75, 3.05) is 39.8 Å². The lowest BCUT2D eigenvalue weighted by atomic mass is 10.2. The summed E-state index contributed by atoms with van der Waals surface area (Å²) in [4.78, 5) is 40.4. The minimum Gasteiger partial charge on any atom is -0.467 e. The Bertz CT molecular complexity index is 735. The standard InChI is InChI=1S/C22H33N3O6/c1-22(2,3)31-20(27)23-18(19(26)29-4)15-24-11-8-12-25(14-13-24)21(28)30-16-17-9-6-5-7-10-17/h5-7,9-10,18H,8,11-16H2,1-4H3,(H,23,27)/t18-/m0/s1. The summed E-state index contributed by atoms with van der Waals surface area (Å²) in [5.74, 6) is -0.547. The van der Waals surface area contributed by atoms with Crippen LogP contribution in [0.25, 0.3) is 0 Å². The Morgan fingerprint density at radius 2 is 1.77 bits per heavy atom. The number of hydrogen-bond donors (Lipinski definition) is 1. The molecule has 0 unspecified atom stereocenters. The highest BCUT2D eigenvalue weighted by Crippen LogP contribution is 2.10. The fourth-order valence-electron chi connectivity index (χ4n) is 3.18. The molecule has 1 aromatic rings. The minimum atomic E-state index is -0.864. The Hall–Kier alpha value is -2.81. The quantitative estimate of drug-likeness (QED) is 0.541. The van der Waals surface area contributed by atoms with Crippen molar-refractivity contribution in [3.8, 4) is 0 Å². The maximum Gasteiger partial charge on any atom is 0.410 e. The van der Waals surface area contributed by atoms with E-state index in [0.717, 1.165) is 12.0 Å². The number of nitrogens with one attached hydrogen (secondary N) is 1. The maximum absolute atomic E-state index is 12.4. The summed E-state index contributed by atoms with van der Waals surface area (Å²) in [6.07, 6.45) is -0.313. The van der Waals surface area contributed by atoms with E-state index in [-0.39, 0.29) is 19.2 Å². The van der Waals surface area contributed by atoms with E-state index < -0.39 is 23.7 Å². The van der Waals surface area contributed by atoms with Crippen LogP contribution in [0.2, 0.25) is 0 Å². The molecule has 9 heteroatoms. The Morgan fingerprint density at radius 1 is 1.06 bits per heavy atom. The predicted molar refractivity (Wildman–Crippen MR) is 114 cm³/mol. The minimum absolute atomic E-state index is 0.226. The number of nitrogens with zero attached hydrogens (tertiary/aromatic N) is 2. The smallest absolute Gasteiger partial charge is 0.410 e. The lowest BCUT2D eigenvalue weighted by Crippen LogP contribution is -2.50. The molecular formula is C22H33N3O6. The number of hydrogen-bond acceptors (Lipinski definition) is 7. The molecule has 31 heavy (non-hydrogen) atoms. The molecule has 1 atom stereocenters. The van der Waals surface area contributed by atoms with Crippen molar-refractivity contribution in [3.63, 3.8) is 0 Å². The first-order chi connectivity index (χ1) is 14.7. The first-order valence-electron chi connectivity index (χ1n) is 10.4. The third kappa shape index (κ3) is 8.84. The van der Waals surface area contributed by atoms with Gasteiger partial charge in [-0.1, -0.05) is 30.3 Å². The zero-order valence-corrected chi connectivity index (χ0v) is 18.8. The lowest BCUT2D eigenvalue weighted by molar-refractivity contribution is -0.143. The summed E-state index contributed by atoms with van der Waals surface area (Å²) in [5.41, 5.74) is 0.259.